The summed E-state index contributed by atoms with van der Waals surface area (Å²) in [6.07, 6.45) is 13.5. The first-order valence-electron chi connectivity index (χ1n) is 19.8. The van der Waals surface area contributed by atoms with Gasteiger partial charge in [-0.05, 0) is 44.4 Å². The zero-order valence-electron chi connectivity index (χ0n) is 35.8. The molecular formula is C45H64N2O12. The molecule has 1 amide bonds. The van der Waals surface area contributed by atoms with Gasteiger partial charge in [0, 0.05) is 38.2 Å². The fraction of sp³-hybridized carbons (Fsp3) is 0.533. The summed E-state index contributed by atoms with van der Waals surface area (Å²) in [5.41, 5.74) is -0.380. The van der Waals surface area contributed by atoms with E-state index in [9.17, 15) is 39.9 Å². The molecular weight excluding hydrogens is 760 g/mol. The average Bonchev–Trinajstić information content (AvgIpc) is 3.48. The highest BCUT2D eigenvalue weighted by atomic mass is 16.7. The van der Waals surface area contributed by atoms with Gasteiger partial charge in [-0.2, -0.15) is 0 Å². The Bertz CT molecular complexity index is 1870. The zero-order chi connectivity index (χ0) is 44.2. The SMILES string of the molecule is C/C=C\C=C\[C@@H]1O[C@](O)([C@H](CC)C(=O)NC/C=C/C=C(\C)[C@@H](OC)[C@@H](C)[C@@H]2O[C@H](/C=C/C=C/C=C(\C)C(=O)c3c(OC)ccn(C)c3=O)[C@H](O)[C@@H]2O)[C@H](O)[C@H](O)C1(C)C. The van der Waals surface area contributed by atoms with Crippen molar-refractivity contribution in [2.24, 2.45) is 24.3 Å². The third-order valence-electron chi connectivity index (χ3n) is 11.2. The minimum Gasteiger partial charge on any atom is -0.496 e. The van der Waals surface area contributed by atoms with E-state index in [1.165, 1.54) is 25.0 Å². The summed E-state index contributed by atoms with van der Waals surface area (Å²) >= 11 is 0. The summed E-state index contributed by atoms with van der Waals surface area (Å²) in [7, 11) is 4.47. The molecule has 3 rings (SSSR count). The van der Waals surface area contributed by atoms with Gasteiger partial charge < -0.3 is 54.4 Å². The number of amides is 1. The summed E-state index contributed by atoms with van der Waals surface area (Å²) < 4.78 is 24.4. The number of carbonyl (C=O) groups is 2. The molecule has 59 heavy (non-hydrogen) atoms. The monoisotopic (exact) mass is 824 g/mol. The number of ether oxygens (including phenoxy) is 4. The highest BCUT2D eigenvalue weighted by Crippen LogP contribution is 2.44. The van der Waals surface area contributed by atoms with Gasteiger partial charge in [-0.15, -0.1) is 0 Å². The van der Waals surface area contributed by atoms with E-state index in [-0.39, 0.29) is 24.3 Å². The van der Waals surface area contributed by atoms with Gasteiger partial charge in [-0.25, -0.2) is 0 Å². The molecule has 1 aromatic rings. The number of aliphatic hydroxyl groups is 5. The minimum atomic E-state index is -2.34. The summed E-state index contributed by atoms with van der Waals surface area (Å²) in [5.74, 6) is -4.76. The number of pyridine rings is 1. The Kier molecular flexibility index (Phi) is 18.2. The Morgan fingerprint density at radius 3 is 2.29 bits per heavy atom. The zero-order valence-corrected chi connectivity index (χ0v) is 35.8. The smallest absolute Gasteiger partial charge is 0.265 e. The quantitative estimate of drug-likeness (QED) is 0.0717. The second-order valence-corrected chi connectivity index (χ2v) is 15.6. The number of nitrogens with zero attached hydrogens (tertiary/aromatic N) is 1. The van der Waals surface area contributed by atoms with Crippen LogP contribution < -0.4 is 15.6 Å². The lowest BCUT2D eigenvalue weighted by Gasteiger charge is -2.53. The van der Waals surface area contributed by atoms with Crippen LogP contribution in [0.3, 0.4) is 0 Å². The first kappa shape index (κ1) is 49.1. The van der Waals surface area contributed by atoms with Crippen molar-refractivity contribution >= 4 is 11.7 Å². The summed E-state index contributed by atoms with van der Waals surface area (Å²) in [6, 6.07) is 1.55. The lowest BCUT2D eigenvalue weighted by Crippen LogP contribution is -2.69. The van der Waals surface area contributed by atoms with Gasteiger partial charge in [0.2, 0.25) is 11.7 Å². The molecule has 0 saturated carbocycles. The molecule has 2 aliphatic rings. The van der Waals surface area contributed by atoms with E-state index >= 15 is 0 Å². The summed E-state index contributed by atoms with van der Waals surface area (Å²) in [4.78, 5) is 38.9. The summed E-state index contributed by atoms with van der Waals surface area (Å²) in [5, 5.41) is 58.0. The number of Topliss-reactive ketones (excluding diaryl/α,β-unsaturated/α-hetero) is 1. The number of hydrogen-bond donors (Lipinski definition) is 6. The van der Waals surface area contributed by atoms with Crippen LogP contribution in [0.25, 0.3) is 0 Å². The van der Waals surface area contributed by atoms with E-state index in [0.29, 0.717) is 5.57 Å². The maximum Gasteiger partial charge on any atom is 0.265 e. The van der Waals surface area contributed by atoms with Crippen LogP contribution in [0.5, 0.6) is 5.75 Å². The second-order valence-electron chi connectivity index (χ2n) is 15.6. The lowest BCUT2D eigenvalue weighted by atomic mass is 9.71. The Labute approximate surface area is 347 Å². The van der Waals surface area contributed by atoms with Crippen LogP contribution in [0, 0.1) is 17.3 Å². The number of aliphatic hydroxyl groups excluding tert-OH is 4. The number of hydrogen-bond acceptors (Lipinski definition) is 12. The highest BCUT2D eigenvalue weighted by molar-refractivity contribution is 6.10. The van der Waals surface area contributed by atoms with Crippen LogP contribution in [-0.4, -0.2) is 117 Å². The van der Waals surface area contributed by atoms with Crippen molar-refractivity contribution in [1.29, 1.82) is 0 Å². The lowest BCUT2D eigenvalue weighted by molar-refractivity contribution is -0.359. The molecule has 2 saturated heterocycles. The third kappa shape index (κ3) is 11.3. The molecule has 14 heteroatoms. The van der Waals surface area contributed by atoms with Crippen LogP contribution in [0.15, 0.2) is 101 Å². The number of methoxy groups -OCH3 is 2. The van der Waals surface area contributed by atoms with Crippen molar-refractivity contribution in [3.63, 3.8) is 0 Å². The molecule has 0 spiro atoms. The maximum absolute atomic E-state index is 13.3. The molecule has 0 bridgehead atoms. The molecule has 6 N–H and O–H groups in total. The third-order valence-corrected chi connectivity index (χ3v) is 11.2. The Hall–Kier alpha value is -4.25. The van der Waals surface area contributed by atoms with E-state index in [2.05, 4.69) is 5.32 Å². The van der Waals surface area contributed by atoms with Crippen molar-refractivity contribution in [1.82, 2.24) is 9.88 Å². The van der Waals surface area contributed by atoms with Crippen molar-refractivity contribution < 1.29 is 54.1 Å². The molecule has 2 fully saturated rings. The first-order valence-corrected chi connectivity index (χ1v) is 19.8. The topological polar surface area (TPSA) is 206 Å². The van der Waals surface area contributed by atoms with Crippen LogP contribution in [0.1, 0.15) is 65.2 Å². The number of aromatic nitrogens is 1. The number of ketones is 1. The minimum absolute atomic E-state index is 0.0598. The number of nitrogens with one attached hydrogen (secondary N) is 1. The van der Waals surface area contributed by atoms with E-state index in [4.69, 9.17) is 18.9 Å². The van der Waals surface area contributed by atoms with Gasteiger partial charge in [0.15, 0.2) is 5.78 Å². The number of carbonyl (C=O) groups excluding carboxylic acids is 2. The highest BCUT2D eigenvalue weighted by Gasteiger charge is 2.60. The molecule has 1 aromatic heterocycles. The van der Waals surface area contributed by atoms with E-state index in [1.807, 2.05) is 26.8 Å². The van der Waals surface area contributed by atoms with Crippen LogP contribution >= 0.6 is 0 Å². The molecule has 2 aliphatic heterocycles. The predicted octanol–water partition coefficient (Wildman–Crippen LogP) is 3.39. The van der Waals surface area contributed by atoms with Gasteiger partial charge in [0.1, 0.15) is 35.7 Å². The fourth-order valence-corrected chi connectivity index (χ4v) is 7.42. The first-order chi connectivity index (χ1) is 27.8. The van der Waals surface area contributed by atoms with Crippen molar-refractivity contribution in [3.8, 4) is 5.75 Å². The normalized spacial score (nSPS) is 29.6. The Morgan fingerprint density at radius 1 is 0.983 bits per heavy atom. The second kappa shape index (κ2) is 21.8. The number of aryl methyl sites for hydroxylation is 1. The van der Waals surface area contributed by atoms with Gasteiger partial charge in [-0.1, -0.05) is 101 Å². The van der Waals surface area contributed by atoms with Gasteiger partial charge in [0.05, 0.1) is 37.4 Å². The largest absolute Gasteiger partial charge is 0.496 e. The Morgan fingerprint density at radius 2 is 1.66 bits per heavy atom. The molecule has 0 aromatic carbocycles. The van der Waals surface area contributed by atoms with E-state index in [1.54, 1.807) is 108 Å². The summed E-state index contributed by atoms with van der Waals surface area (Å²) in [6.45, 7) is 12.3. The molecule has 326 valence electrons. The van der Waals surface area contributed by atoms with Crippen molar-refractivity contribution in [2.45, 2.75) is 110 Å². The van der Waals surface area contributed by atoms with Gasteiger partial charge in [0.25, 0.3) is 5.56 Å². The average molecular weight is 825 g/mol. The van der Waals surface area contributed by atoms with Crippen molar-refractivity contribution in [2.75, 3.05) is 20.8 Å². The standard InChI is InChI=1S/C45H64N2O12/c1-11-13-15-23-33-44(6,7)40(51)41(52)45(55,59-33)30(12-2)42(53)46-25-19-18-21-28(4)38(57-10)29(5)39-37(50)36(49)32(58-39)22-17-14-16-20-27(3)35(48)34-31(56-9)24-26-47(8)43(34)54/h11,13-24,26,29-30,32-33,36-41,49-52,55H,12,25H2,1-10H3,(H,46,53)/b13-11-,16-14+,19-18+,22-17+,23-15+,27-20+,28-21+/t29-,30-,32-,33+,36+,37+,38-,39+,40+,41-,45-/m1/s1. The van der Waals surface area contributed by atoms with Gasteiger partial charge in [-0.3, -0.25) is 14.4 Å². The van der Waals surface area contributed by atoms with Crippen LogP contribution in [0.4, 0.5) is 0 Å². The van der Waals surface area contributed by atoms with Crippen LogP contribution in [-0.2, 0) is 26.1 Å². The van der Waals surface area contributed by atoms with Gasteiger partial charge >= 0.3 is 0 Å². The molecule has 3 heterocycles. The number of allylic oxidation sites excluding steroid dienone is 10. The van der Waals surface area contributed by atoms with E-state index in [0.717, 1.165) is 5.57 Å². The molecule has 0 aliphatic carbocycles. The van der Waals surface area contributed by atoms with E-state index < -0.39 is 89.1 Å². The molecule has 11 atom stereocenters. The molecule has 0 unspecified atom stereocenters. The van der Waals surface area contributed by atoms with Crippen LogP contribution in [0.2, 0.25) is 0 Å². The molecule has 0 radical (unpaired) electrons. The predicted molar refractivity (Wildman–Crippen MR) is 224 cm³/mol. The van der Waals surface area contributed by atoms with Crippen molar-refractivity contribution in [3.05, 3.63) is 112 Å². The Balaban J connectivity index is 1.61. The fourth-order valence-electron chi connectivity index (χ4n) is 7.42. The molecule has 14 nitrogen and oxygen atoms in total. The maximum atomic E-state index is 13.3. The number of rotatable bonds is 18.